The first-order valence-electron chi connectivity index (χ1n) is 7.61. The number of hydrogen-bond donors (Lipinski definition) is 2. The molecule has 0 atom stereocenters. The summed E-state index contributed by atoms with van der Waals surface area (Å²) in [7, 11) is 0. The molecule has 118 valence electrons. The maximum absolute atomic E-state index is 6.08. The first-order valence-corrected chi connectivity index (χ1v) is 7.61. The van der Waals surface area contributed by atoms with Crippen molar-refractivity contribution in [2.75, 3.05) is 10.6 Å². The van der Waals surface area contributed by atoms with Gasteiger partial charge in [0, 0.05) is 5.69 Å². The molecule has 3 N–H and O–H groups in total. The highest BCUT2D eigenvalue weighted by molar-refractivity contribution is 5.85. The second-order valence-corrected chi connectivity index (χ2v) is 5.47. The average molecular weight is 316 g/mol. The van der Waals surface area contributed by atoms with Gasteiger partial charge < -0.3 is 10.7 Å². The van der Waals surface area contributed by atoms with E-state index in [1.54, 1.807) is 6.33 Å². The maximum atomic E-state index is 6.08. The number of aryl methyl sites for hydroxylation is 1. The van der Waals surface area contributed by atoms with E-state index in [-0.39, 0.29) is 0 Å². The van der Waals surface area contributed by atoms with Gasteiger partial charge >= 0.3 is 0 Å². The Morgan fingerprint density at radius 3 is 2.50 bits per heavy atom. The van der Waals surface area contributed by atoms with Gasteiger partial charge in [-0.25, -0.2) is 4.98 Å². The summed E-state index contributed by atoms with van der Waals surface area (Å²) in [6.07, 6.45) is 1.57. The van der Waals surface area contributed by atoms with Crippen LogP contribution in [-0.4, -0.2) is 19.9 Å². The van der Waals surface area contributed by atoms with E-state index in [1.165, 1.54) is 0 Å². The quantitative estimate of drug-likeness (QED) is 0.602. The third-order valence-corrected chi connectivity index (χ3v) is 3.87. The van der Waals surface area contributed by atoms with Gasteiger partial charge in [-0.15, -0.1) is 0 Å². The number of benzene rings is 2. The maximum Gasteiger partial charge on any atom is 0.238 e. The molecule has 0 aliphatic heterocycles. The summed E-state index contributed by atoms with van der Waals surface area (Å²) in [5.41, 5.74) is 10.4. The second-order valence-electron chi connectivity index (χ2n) is 5.47. The van der Waals surface area contributed by atoms with E-state index in [0.29, 0.717) is 22.9 Å². The molecule has 4 rings (SSSR count). The zero-order valence-electron chi connectivity index (χ0n) is 13.1. The SMILES string of the molecule is Cc1ccccc1N(c1ccccc1)c1nc(N)c2[nH]cnc2n1. The fourth-order valence-corrected chi connectivity index (χ4v) is 2.70. The van der Waals surface area contributed by atoms with E-state index in [1.807, 2.05) is 53.4 Å². The van der Waals surface area contributed by atoms with Crippen molar-refractivity contribution in [2.45, 2.75) is 6.92 Å². The molecule has 2 aromatic carbocycles. The lowest BCUT2D eigenvalue weighted by molar-refractivity contribution is 1.10. The largest absolute Gasteiger partial charge is 0.382 e. The number of imidazole rings is 1. The molecule has 0 amide bonds. The Bertz CT molecular complexity index is 993. The van der Waals surface area contributed by atoms with Crippen LogP contribution >= 0.6 is 0 Å². The van der Waals surface area contributed by atoms with E-state index >= 15 is 0 Å². The van der Waals surface area contributed by atoms with Crippen LogP contribution in [0.1, 0.15) is 5.56 Å². The number of aromatic amines is 1. The van der Waals surface area contributed by atoms with Crippen molar-refractivity contribution >= 4 is 34.3 Å². The highest BCUT2D eigenvalue weighted by Gasteiger charge is 2.19. The molecule has 4 aromatic rings. The van der Waals surface area contributed by atoms with Gasteiger partial charge in [0.15, 0.2) is 11.5 Å². The molecule has 0 bridgehead atoms. The topological polar surface area (TPSA) is 83.7 Å². The molecule has 0 unspecified atom stereocenters. The number of nitrogens with one attached hydrogen (secondary N) is 1. The van der Waals surface area contributed by atoms with Gasteiger partial charge in [0.1, 0.15) is 5.52 Å². The van der Waals surface area contributed by atoms with Crippen molar-refractivity contribution < 1.29 is 0 Å². The Morgan fingerprint density at radius 2 is 1.71 bits per heavy atom. The number of nitrogens with zero attached hydrogens (tertiary/aromatic N) is 4. The Labute approximate surface area is 139 Å². The summed E-state index contributed by atoms with van der Waals surface area (Å²) in [5, 5.41) is 0. The van der Waals surface area contributed by atoms with E-state index in [9.17, 15) is 0 Å². The molecule has 6 heteroatoms. The summed E-state index contributed by atoms with van der Waals surface area (Å²) in [6, 6.07) is 18.1. The van der Waals surface area contributed by atoms with Crippen LogP contribution in [-0.2, 0) is 0 Å². The number of hydrogen-bond acceptors (Lipinski definition) is 5. The summed E-state index contributed by atoms with van der Waals surface area (Å²) in [6.45, 7) is 2.06. The minimum atomic E-state index is 0.377. The van der Waals surface area contributed by atoms with Crippen LogP contribution in [0.5, 0.6) is 0 Å². The monoisotopic (exact) mass is 316 g/mol. The molecule has 0 fully saturated rings. The summed E-state index contributed by atoms with van der Waals surface area (Å²) in [4.78, 5) is 18.2. The predicted molar refractivity (Wildman–Crippen MR) is 95.5 cm³/mol. The van der Waals surface area contributed by atoms with E-state index in [4.69, 9.17) is 5.73 Å². The lowest BCUT2D eigenvalue weighted by Crippen LogP contribution is -2.15. The van der Waals surface area contributed by atoms with Crippen molar-refractivity contribution in [1.82, 2.24) is 19.9 Å². The number of fused-ring (bicyclic) bond motifs is 1. The molecular formula is C18H16N6. The van der Waals surface area contributed by atoms with Crippen molar-refractivity contribution in [2.24, 2.45) is 0 Å². The summed E-state index contributed by atoms with van der Waals surface area (Å²) < 4.78 is 0. The van der Waals surface area contributed by atoms with Crippen LogP contribution in [0.3, 0.4) is 0 Å². The van der Waals surface area contributed by atoms with Crippen molar-refractivity contribution in [3.05, 3.63) is 66.5 Å². The third-order valence-electron chi connectivity index (χ3n) is 3.87. The zero-order valence-corrected chi connectivity index (χ0v) is 13.1. The molecular weight excluding hydrogens is 300 g/mol. The number of aromatic nitrogens is 4. The van der Waals surface area contributed by atoms with Crippen LogP contribution in [0.15, 0.2) is 60.9 Å². The number of para-hydroxylation sites is 2. The van der Waals surface area contributed by atoms with Crippen molar-refractivity contribution in [1.29, 1.82) is 0 Å². The highest BCUT2D eigenvalue weighted by atomic mass is 15.3. The lowest BCUT2D eigenvalue weighted by Gasteiger charge is -2.24. The molecule has 0 aliphatic rings. The molecule has 24 heavy (non-hydrogen) atoms. The van der Waals surface area contributed by atoms with Crippen LogP contribution in [0.25, 0.3) is 11.2 Å². The number of nitrogens with two attached hydrogens (primary N) is 1. The Hall–Kier alpha value is -3.41. The van der Waals surface area contributed by atoms with E-state index in [2.05, 4.69) is 32.9 Å². The molecule has 0 radical (unpaired) electrons. The van der Waals surface area contributed by atoms with Crippen LogP contribution < -0.4 is 10.6 Å². The number of anilines is 4. The van der Waals surface area contributed by atoms with Gasteiger partial charge in [0.2, 0.25) is 5.95 Å². The van der Waals surface area contributed by atoms with Crippen molar-refractivity contribution in [3.8, 4) is 0 Å². The summed E-state index contributed by atoms with van der Waals surface area (Å²) >= 11 is 0. The van der Waals surface area contributed by atoms with Gasteiger partial charge in [-0.2, -0.15) is 9.97 Å². The highest BCUT2D eigenvalue weighted by Crippen LogP contribution is 2.35. The van der Waals surface area contributed by atoms with E-state index < -0.39 is 0 Å². The Kier molecular flexibility index (Phi) is 3.35. The van der Waals surface area contributed by atoms with Gasteiger partial charge in [0.05, 0.1) is 12.0 Å². The van der Waals surface area contributed by atoms with E-state index in [0.717, 1.165) is 16.9 Å². The fraction of sp³-hybridized carbons (Fsp3) is 0.0556. The fourth-order valence-electron chi connectivity index (χ4n) is 2.70. The Morgan fingerprint density at radius 1 is 0.958 bits per heavy atom. The molecule has 0 spiro atoms. The van der Waals surface area contributed by atoms with Crippen molar-refractivity contribution in [3.63, 3.8) is 0 Å². The number of nitrogen functional groups attached to an aromatic ring is 1. The van der Waals surface area contributed by atoms with Crippen LogP contribution in [0.2, 0.25) is 0 Å². The third kappa shape index (κ3) is 2.34. The minimum absolute atomic E-state index is 0.377. The first-order chi connectivity index (χ1) is 11.7. The molecule has 0 aliphatic carbocycles. The van der Waals surface area contributed by atoms with Gasteiger partial charge in [-0.05, 0) is 30.7 Å². The predicted octanol–water partition coefficient (Wildman–Crippen LogP) is 3.71. The van der Waals surface area contributed by atoms with Gasteiger partial charge in [-0.1, -0.05) is 36.4 Å². The Balaban J connectivity index is 1.96. The lowest BCUT2D eigenvalue weighted by atomic mass is 10.1. The van der Waals surface area contributed by atoms with Gasteiger partial charge in [-0.3, -0.25) is 4.90 Å². The first kappa shape index (κ1) is 14.2. The number of rotatable bonds is 3. The zero-order chi connectivity index (χ0) is 16.5. The summed E-state index contributed by atoms with van der Waals surface area (Å²) in [5.74, 6) is 0.870. The molecule has 0 saturated heterocycles. The molecule has 6 nitrogen and oxygen atoms in total. The minimum Gasteiger partial charge on any atom is -0.382 e. The molecule has 2 heterocycles. The van der Waals surface area contributed by atoms with Crippen LogP contribution in [0, 0.1) is 6.92 Å². The molecule has 0 saturated carbocycles. The van der Waals surface area contributed by atoms with Gasteiger partial charge in [0.25, 0.3) is 0 Å². The normalized spacial score (nSPS) is 10.9. The standard InChI is InChI=1S/C18H16N6/c1-12-7-5-6-10-14(12)24(13-8-3-2-4-9-13)18-22-16(19)15-17(23-18)21-11-20-15/h2-11H,1H3,(H3,19,20,21,22,23). The molecule has 2 aromatic heterocycles. The smallest absolute Gasteiger partial charge is 0.238 e. The second kappa shape index (κ2) is 5.66. The average Bonchev–Trinajstić information content (AvgIpc) is 3.07. The van der Waals surface area contributed by atoms with Crippen LogP contribution in [0.4, 0.5) is 23.1 Å². The number of H-pyrrole nitrogens is 1.